The van der Waals surface area contributed by atoms with Crippen LogP contribution in [-0.4, -0.2) is 32.4 Å². The van der Waals surface area contributed by atoms with Gasteiger partial charge in [-0.05, 0) is 51.9 Å². The highest BCUT2D eigenvalue weighted by molar-refractivity contribution is 7.11. The van der Waals surface area contributed by atoms with Crippen LogP contribution in [0.1, 0.15) is 40.2 Å². The molecule has 1 aliphatic heterocycles. The zero-order valence-electron chi connectivity index (χ0n) is 15.5. The first-order valence-corrected chi connectivity index (χ1v) is 9.84. The molecule has 6 nitrogen and oxygen atoms in total. The SMILES string of the molecule is Cc1nc(Cn2nc(C3CCNCC3)n(-c3ccccc3)c2=O)sc1C.Cl. The maximum absolute atomic E-state index is 13.2. The summed E-state index contributed by atoms with van der Waals surface area (Å²) < 4.78 is 3.35. The maximum Gasteiger partial charge on any atom is 0.350 e. The van der Waals surface area contributed by atoms with E-state index in [2.05, 4.69) is 17.2 Å². The highest BCUT2D eigenvalue weighted by atomic mass is 35.5. The second-order valence-corrected chi connectivity index (χ2v) is 8.03. The van der Waals surface area contributed by atoms with Crippen LogP contribution in [0.4, 0.5) is 0 Å². The van der Waals surface area contributed by atoms with Gasteiger partial charge < -0.3 is 5.32 Å². The largest absolute Gasteiger partial charge is 0.350 e. The molecule has 0 aliphatic carbocycles. The van der Waals surface area contributed by atoms with Gasteiger partial charge in [-0.25, -0.2) is 19.0 Å². The molecule has 1 fully saturated rings. The zero-order chi connectivity index (χ0) is 18.1. The lowest BCUT2D eigenvalue weighted by Gasteiger charge is -2.22. The van der Waals surface area contributed by atoms with Gasteiger partial charge in [0.2, 0.25) is 0 Å². The Bertz CT molecular complexity index is 937. The van der Waals surface area contributed by atoms with Crippen molar-refractivity contribution in [1.82, 2.24) is 24.6 Å². The van der Waals surface area contributed by atoms with E-state index in [0.717, 1.165) is 48.1 Å². The number of piperidine rings is 1. The predicted molar refractivity (Wildman–Crippen MR) is 111 cm³/mol. The third-order valence-corrected chi connectivity index (χ3v) is 6.00. The highest BCUT2D eigenvalue weighted by Gasteiger charge is 2.25. The molecular weight excluding hydrogens is 382 g/mol. The minimum Gasteiger partial charge on any atom is -0.317 e. The van der Waals surface area contributed by atoms with Crippen molar-refractivity contribution >= 4 is 23.7 Å². The van der Waals surface area contributed by atoms with Gasteiger partial charge in [0.05, 0.1) is 17.9 Å². The van der Waals surface area contributed by atoms with E-state index in [1.54, 1.807) is 20.6 Å². The van der Waals surface area contributed by atoms with E-state index in [-0.39, 0.29) is 18.1 Å². The Kier molecular flexibility index (Phi) is 6.14. The van der Waals surface area contributed by atoms with Crippen LogP contribution in [0.3, 0.4) is 0 Å². The molecule has 0 bridgehead atoms. The average molecular weight is 406 g/mol. The molecule has 1 aliphatic rings. The van der Waals surface area contributed by atoms with Crippen LogP contribution >= 0.6 is 23.7 Å². The predicted octanol–water partition coefficient (Wildman–Crippen LogP) is 3.04. The van der Waals surface area contributed by atoms with E-state index < -0.39 is 0 Å². The number of para-hydroxylation sites is 1. The number of aryl methyl sites for hydroxylation is 2. The van der Waals surface area contributed by atoms with Crippen molar-refractivity contribution in [1.29, 1.82) is 0 Å². The maximum atomic E-state index is 13.2. The fourth-order valence-corrected chi connectivity index (χ4v) is 4.34. The summed E-state index contributed by atoms with van der Waals surface area (Å²) in [6.45, 7) is 6.41. The van der Waals surface area contributed by atoms with Gasteiger partial charge in [0.15, 0.2) is 0 Å². The molecule has 1 aromatic carbocycles. The molecule has 0 atom stereocenters. The number of nitrogens with one attached hydrogen (secondary N) is 1. The first-order chi connectivity index (χ1) is 12.6. The van der Waals surface area contributed by atoms with Gasteiger partial charge in [-0.1, -0.05) is 18.2 Å². The Hall–Kier alpha value is -1.96. The number of hydrogen-bond donors (Lipinski definition) is 1. The molecule has 1 N–H and O–H groups in total. The van der Waals surface area contributed by atoms with E-state index in [4.69, 9.17) is 5.10 Å². The average Bonchev–Trinajstić information content (AvgIpc) is 3.16. The van der Waals surface area contributed by atoms with E-state index in [9.17, 15) is 4.79 Å². The molecule has 0 radical (unpaired) electrons. The van der Waals surface area contributed by atoms with Crippen molar-refractivity contribution in [3.63, 3.8) is 0 Å². The van der Waals surface area contributed by atoms with Gasteiger partial charge >= 0.3 is 5.69 Å². The summed E-state index contributed by atoms with van der Waals surface area (Å²) in [6, 6.07) is 9.81. The van der Waals surface area contributed by atoms with Gasteiger partial charge in [-0.15, -0.1) is 23.7 Å². The highest BCUT2D eigenvalue weighted by Crippen LogP contribution is 2.25. The number of benzene rings is 1. The molecule has 27 heavy (non-hydrogen) atoms. The fourth-order valence-electron chi connectivity index (χ4n) is 3.43. The Morgan fingerprint density at radius 2 is 1.89 bits per heavy atom. The lowest BCUT2D eigenvalue weighted by Crippen LogP contribution is -2.29. The minimum absolute atomic E-state index is 0. The Balaban J connectivity index is 0.00000210. The lowest BCUT2D eigenvalue weighted by atomic mass is 9.97. The Labute approximate surface area is 168 Å². The van der Waals surface area contributed by atoms with Gasteiger partial charge in [-0.3, -0.25) is 0 Å². The van der Waals surface area contributed by atoms with Gasteiger partial charge in [0, 0.05) is 10.8 Å². The summed E-state index contributed by atoms with van der Waals surface area (Å²) >= 11 is 1.63. The standard InChI is InChI=1S/C19H23N5OS.ClH/c1-13-14(2)26-17(21-13)12-23-19(25)24(16-6-4-3-5-7-16)18(22-23)15-8-10-20-11-9-15;/h3-7,15,20H,8-12H2,1-2H3;1H. The number of hydrogen-bond acceptors (Lipinski definition) is 5. The van der Waals surface area contributed by atoms with Gasteiger partial charge in [-0.2, -0.15) is 5.10 Å². The molecule has 0 amide bonds. The van der Waals surface area contributed by atoms with Crippen LogP contribution in [-0.2, 0) is 6.54 Å². The van der Waals surface area contributed by atoms with Crippen molar-refractivity contribution in [3.8, 4) is 5.69 Å². The molecule has 4 rings (SSSR count). The van der Waals surface area contributed by atoms with Crippen LogP contribution in [0.5, 0.6) is 0 Å². The summed E-state index contributed by atoms with van der Waals surface area (Å²) in [7, 11) is 0. The number of rotatable bonds is 4. The molecule has 0 saturated carbocycles. The van der Waals surface area contributed by atoms with Crippen molar-refractivity contribution in [3.05, 3.63) is 62.2 Å². The first-order valence-electron chi connectivity index (χ1n) is 9.02. The third kappa shape index (κ3) is 4.00. The molecule has 0 unspecified atom stereocenters. The number of aromatic nitrogens is 4. The molecule has 1 saturated heterocycles. The Morgan fingerprint density at radius 3 is 2.52 bits per heavy atom. The van der Waals surface area contributed by atoms with Crippen LogP contribution in [0.2, 0.25) is 0 Å². The molecule has 144 valence electrons. The van der Waals surface area contributed by atoms with Crippen LogP contribution < -0.4 is 11.0 Å². The van der Waals surface area contributed by atoms with Crippen LogP contribution in [0, 0.1) is 13.8 Å². The van der Waals surface area contributed by atoms with Gasteiger partial charge in [0.25, 0.3) is 0 Å². The van der Waals surface area contributed by atoms with Crippen LogP contribution in [0.25, 0.3) is 5.69 Å². The molecule has 3 aromatic rings. The fraction of sp³-hybridized carbons (Fsp3) is 0.421. The van der Waals surface area contributed by atoms with E-state index in [1.165, 1.54) is 4.88 Å². The van der Waals surface area contributed by atoms with Crippen molar-refractivity contribution < 1.29 is 0 Å². The smallest absolute Gasteiger partial charge is 0.317 e. The minimum atomic E-state index is -0.0877. The van der Waals surface area contributed by atoms with Gasteiger partial charge in [0.1, 0.15) is 10.8 Å². The van der Waals surface area contributed by atoms with E-state index in [0.29, 0.717) is 12.5 Å². The second-order valence-electron chi connectivity index (χ2n) is 6.74. The summed E-state index contributed by atoms with van der Waals surface area (Å²) in [5.74, 6) is 1.16. The molecular formula is C19H24ClN5OS. The summed E-state index contributed by atoms with van der Waals surface area (Å²) in [5, 5.41) is 9.06. The van der Waals surface area contributed by atoms with Crippen molar-refractivity contribution in [2.75, 3.05) is 13.1 Å². The number of thiazole rings is 1. The van der Waals surface area contributed by atoms with Crippen molar-refractivity contribution in [2.45, 2.75) is 39.2 Å². The quantitative estimate of drug-likeness (QED) is 0.724. The van der Waals surface area contributed by atoms with E-state index in [1.807, 2.05) is 37.3 Å². The summed E-state index contributed by atoms with van der Waals surface area (Å²) in [6.07, 6.45) is 2.00. The van der Waals surface area contributed by atoms with Crippen LogP contribution in [0.15, 0.2) is 35.1 Å². The summed E-state index contributed by atoms with van der Waals surface area (Å²) in [5.41, 5.74) is 1.82. The second kappa shape index (κ2) is 8.37. The third-order valence-electron chi connectivity index (χ3n) is 4.94. The summed E-state index contributed by atoms with van der Waals surface area (Å²) in [4.78, 5) is 18.9. The van der Waals surface area contributed by atoms with E-state index >= 15 is 0 Å². The lowest BCUT2D eigenvalue weighted by molar-refractivity contribution is 0.438. The zero-order valence-corrected chi connectivity index (χ0v) is 17.1. The monoisotopic (exact) mass is 405 g/mol. The topological polar surface area (TPSA) is 64.7 Å². The van der Waals surface area contributed by atoms with Crippen molar-refractivity contribution in [2.24, 2.45) is 0 Å². The Morgan fingerprint density at radius 1 is 1.19 bits per heavy atom. The molecule has 3 heterocycles. The number of halogens is 1. The normalized spacial score (nSPS) is 14.9. The first kappa shape index (κ1) is 19.8. The molecule has 8 heteroatoms. The number of nitrogens with zero attached hydrogens (tertiary/aromatic N) is 4. The molecule has 2 aromatic heterocycles. The molecule has 0 spiro atoms.